The first kappa shape index (κ1) is 17.3. The molecule has 26 heavy (non-hydrogen) atoms. The minimum absolute atomic E-state index is 0.0568. The minimum Gasteiger partial charge on any atom is -0.508 e. The van der Waals surface area contributed by atoms with Crippen molar-refractivity contribution in [1.82, 2.24) is 15.1 Å². The van der Waals surface area contributed by atoms with Gasteiger partial charge < -0.3 is 24.3 Å². The molecule has 1 aromatic heterocycles. The van der Waals surface area contributed by atoms with Crippen LogP contribution in [0, 0.1) is 0 Å². The van der Waals surface area contributed by atoms with Crippen molar-refractivity contribution in [3.63, 3.8) is 0 Å². The van der Waals surface area contributed by atoms with Crippen molar-refractivity contribution >= 4 is 5.91 Å². The molecule has 0 spiro atoms. The van der Waals surface area contributed by atoms with Gasteiger partial charge in [0.05, 0.1) is 24.8 Å². The number of benzene rings is 2. The van der Waals surface area contributed by atoms with Crippen LogP contribution in [0.4, 0.5) is 0 Å². The topological polar surface area (TPSA) is 109 Å². The van der Waals surface area contributed by atoms with Crippen molar-refractivity contribution in [2.24, 2.45) is 0 Å². The van der Waals surface area contributed by atoms with Crippen LogP contribution in [-0.4, -0.2) is 45.4 Å². The number of methoxy groups -OCH3 is 1. The molecule has 8 heteroatoms. The second-order valence-corrected chi connectivity index (χ2v) is 5.56. The number of para-hydroxylation sites is 1. The molecular weight excluding hydrogens is 338 g/mol. The van der Waals surface area contributed by atoms with Gasteiger partial charge in [0.15, 0.2) is 0 Å². The molecule has 0 atom stereocenters. The number of rotatable bonds is 5. The van der Waals surface area contributed by atoms with Gasteiger partial charge in [0.25, 0.3) is 11.8 Å². The Morgan fingerprint density at radius 2 is 1.96 bits per heavy atom. The van der Waals surface area contributed by atoms with E-state index in [1.54, 1.807) is 26.3 Å². The smallest absolute Gasteiger partial charge is 0.257 e. The number of phenols is 2. The van der Waals surface area contributed by atoms with E-state index in [2.05, 4.69) is 10.2 Å². The van der Waals surface area contributed by atoms with Crippen LogP contribution in [0.1, 0.15) is 16.2 Å². The number of carbonyl (C=O) groups is 1. The summed E-state index contributed by atoms with van der Waals surface area (Å²) in [5.74, 6) is 0.244. The maximum absolute atomic E-state index is 12.4. The number of carbonyl (C=O) groups excluding carboxylic acids is 1. The number of phenolic OH excluding ortho intramolecular Hbond substituents is 2. The van der Waals surface area contributed by atoms with Crippen LogP contribution < -0.4 is 4.74 Å². The zero-order chi connectivity index (χ0) is 18.7. The van der Waals surface area contributed by atoms with Crippen LogP contribution in [0.15, 0.2) is 46.9 Å². The highest BCUT2D eigenvalue weighted by Gasteiger charge is 2.19. The molecule has 0 radical (unpaired) electrons. The van der Waals surface area contributed by atoms with Gasteiger partial charge in [0.2, 0.25) is 5.89 Å². The molecule has 0 saturated carbocycles. The number of amides is 1. The monoisotopic (exact) mass is 355 g/mol. The fraction of sp³-hybridized carbons (Fsp3) is 0.167. The molecule has 1 amide bonds. The van der Waals surface area contributed by atoms with Crippen molar-refractivity contribution in [3.05, 3.63) is 53.9 Å². The van der Waals surface area contributed by atoms with Gasteiger partial charge in [0.1, 0.15) is 17.2 Å². The van der Waals surface area contributed by atoms with E-state index in [1.807, 2.05) is 12.1 Å². The fourth-order valence-corrected chi connectivity index (χ4v) is 2.43. The Hall–Kier alpha value is -3.55. The van der Waals surface area contributed by atoms with E-state index >= 15 is 0 Å². The molecule has 0 fully saturated rings. The van der Waals surface area contributed by atoms with Gasteiger partial charge in [-0.05, 0) is 24.3 Å². The van der Waals surface area contributed by atoms with Gasteiger partial charge in [-0.2, -0.15) is 0 Å². The van der Waals surface area contributed by atoms with Gasteiger partial charge in [-0.1, -0.05) is 12.1 Å². The Morgan fingerprint density at radius 3 is 2.69 bits per heavy atom. The molecule has 0 aliphatic rings. The van der Waals surface area contributed by atoms with E-state index in [9.17, 15) is 15.0 Å². The number of nitrogens with zero attached hydrogens (tertiary/aromatic N) is 3. The number of hydrogen-bond donors (Lipinski definition) is 2. The fourth-order valence-electron chi connectivity index (χ4n) is 2.43. The molecule has 0 aliphatic heterocycles. The normalized spacial score (nSPS) is 10.5. The van der Waals surface area contributed by atoms with Crippen molar-refractivity contribution in [2.45, 2.75) is 6.54 Å². The number of aromatic hydroxyl groups is 2. The third kappa shape index (κ3) is 3.44. The molecule has 1 heterocycles. The second kappa shape index (κ2) is 7.14. The van der Waals surface area contributed by atoms with Gasteiger partial charge >= 0.3 is 0 Å². The van der Waals surface area contributed by atoms with Crippen molar-refractivity contribution in [2.75, 3.05) is 14.2 Å². The predicted molar refractivity (Wildman–Crippen MR) is 91.9 cm³/mol. The zero-order valence-electron chi connectivity index (χ0n) is 14.2. The number of hydrogen-bond acceptors (Lipinski definition) is 7. The van der Waals surface area contributed by atoms with Crippen LogP contribution in [-0.2, 0) is 6.54 Å². The first-order chi connectivity index (χ1) is 12.5. The maximum Gasteiger partial charge on any atom is 0.257 e. The molecule has 8 nitrogen and oxygen atoms in total. The molecule has 0 saturated heterocycles. The highest BCUT2D eigenvalue weighted by atomic mass is 16.5. The molecule has 3 aromatic rings. The van der Waals surface area contributed by atoms with Gasteiger partial charge in [-0.15, -0.1) is 10.2 Å². The standard InChI is InChI=1S/C18H17N3O5/c1-21(18(24)12-8-7-11(22)9-14(12)23)10-16-19-20-17(26-16)13-5-3-4-6-15(13)25-2/h3-9,22-23H,10H2,1-2H3. The van der Waals surface area contributed by atoms with Crippen LogP contribution in [0.25, 0.3) is 11.5 Å². The molecule has 2 aromatic carbocycles. The summed E-state index contributed by atoms with van der Waals surface area (Å²) in [6.07, 6.45) is 0. The summed E-state index contributed by atoms with van der Waals surface area (Å²) in [5, 5.41) is 27.1. The quantitative estimate of drug-likeness (QED) is 0.723. The summed E-state index contributed by atoms with van der Waals surface area (Å²) in [6, 6.07) is 11.0. The largest absolute Gasteiger partial charge is 0.508 e. The van der Waals surface area contributed by atoms with E-state index in [-0.39, 0.29) is 35.4 Å². The van der Waals surface area contributed by atoms with E-state index in [4.69, 9.17) is 9.15 Å². The predicted octanol–water partition coefficient (Wildman–Crippen LogP) is 2.43. The lowest BCUT2D eigenvalue weighted by atomic mass is 10.1. The lowest BCUT2D eigenvalue weighted by Gasteiger charge is -2.15. The van der Waals surface area contributed by atoms with Crippen molar-refractivity contribution in [1.29, 1.82) is 0 Å². The molecular formula is C18H17N3O5. The Morgan fingerprint density at radius 1 is 1.19 bits per heavy atom. The van der Waals surface area contributed by atoms with E-state index in [0.29, 0.717) is 11.3 Å². The van der Waals surface area contributed by atoms with Gasteiger partial charge in [0, 0.05) is 13.1 Å². The SMILES string of the molecule is COc1ccccc1-c1nnc(CN(C)C(=O)c2ccc(O)cc2O)o1. The summed E-state index contributed by atoms with van der Waals surface area (Å²) in [4.78, 5) is 13.8. The number of aromatic nitrogens is 2. The Labute approximate surface area is 149 Å². The van der Waals surface area contributed by atoms with Crippen molar-refractivity contribution < 1.29 is 24.2 Å². The van der Waals surface area contributed by atoms with Crippen molar-refractivity contribution in [3.8, 4) is 28.7 Å². The lowest BCUT2D eigenvalue weighted by molar-refractivity contribution is 0.0770. The second-order valence-electron chi connectivity index (χ2n) is 5.56. The third-order valence-corrected chi connectivity index (χ3v) is 3.74. The van der Waals surface area contributed by atoms with E-state index < -0.39 is 5.91 Å². The van der Waals surface area contributed by atoms with Gasteiger partial charge in [-0.25, -0.2) is 0 Å². The van der Waals surface area contributed by atoms with Crippen LogP contribution in [0.2, 0.25) is 0 Å². The zero-order valence-corrected chi connectivity index (χ0v) is 14.2. The first-order valence-corrected chi connectivity index (χ1v) is 7.73. The highest BCUT2D eigenvalue weighted by Crippen LogP contribution is 2.29. The molecule has 3 rings (SSSR count). The number of ether oxygens (including phenoxy) is 1. The summed E-state index contributed by atoms with van der Waals surface area (Å²) in [7, 11) is 3.09. The molecule has 2 N–H and O–H groups in total. The van der Waals surface area contributed by atoms with Crippen LogP contribution in [0.5, 0.6) is 17.2 Å². The average molecular weight is 355 g/mol. The lowest BCUT2D eigenvalue weighted by Crippen LogP contribution is -2.26. The first-order valence-electron chi connectivity index (χ1n) is 7.73. The third-order valence-electron chi connectivity index (χ3n) is 3.74. The Balaban J connectivity index is 1.77. The minimum atomic E-state index is -0.445. The summed E-state index contributed by atoms with van der Waals surface area (Å²) in [6.45, 7) is 0.0568. The highest BCUT2D eigenvalue weighted by molar-refractivity contribution is 5.96. The molecule has 0 unspecified atom stereocenters. The Bertz CT molecular complexity index is 938. The van der Waals surface area contributed by atoms with Crippen LogP contribution in [0.3, 0.4) is 0 Å². The molecule has 0 aliphatic carbocycles. The summed E-state index contributed by atoms with van der Waals surface area (Å²) in [5.41, 5.74) is 0.716. The summed E-state index contributed by atoms with van der Waals surface area (Å²) < 4.78 is 10.9. The van der Waals surface area contributed by atoms with Crippen LogP contribution >= 0.6 is 0 Å². The maximum atomic E-state index is 12.4. The molecule has 134 valence electrons. The summed E-state index contributed by atoms with van der Waals surface area (Å²) >= 11 is 0. The average Bonchev–Trinajstić information content (AvgIpc) is 3.09. The van der Waals surface area contributed by atoms with E-state index in [0.717, 1.165) is 6.07 Å². The van der Waals surface area contributed by atoms with E-state index in [1.165, 1.54) is 17.0 Å². The van der Waals surface area contributed by atoms with Gasteiger partial charge in [-0.3, -0.25) is 4.79 Å². The Kier molecular flexibility index (Phi) is 4.74. The molecule has 0 bridgehead atoms.